The van der Waals surface area contributed by atoms with E-state index in [0.717, 1.165) is 38.5 Å². The zero-order valence-electron chi connectivity index (χ0n) is 15.1. The van der Waals surface area contributed by atoms with Crippen molar-refractivity contribution in [1.29, 1.82) is 0 Å². The van der Waals surface area contributed by atoms with Gasteiger partial charge in [-0.05, 0) is 51.5 Å². The van der Waals surface area contributed by atoms with Gasteiger partial charge in [-0.3, -0.25) is 4.79 Å². The van der Waals surface area contributed by atoms with E-state index in [1.165, 1.54) is 32.1 Å². The molecule has 0 radical (unpaired) electrons. The normalized spacial score (nSPS) is 12.1. The summed E-state index contributed by atoms with van der Waals surface area (Å²) < 4.78 is 0. The van der Waals surface area contributed by atoms with Gasteiger partial charge < -0.3 is 5.73 Å². The van der Waals surface area contributed by atoms with Gasteiger partial charge in [0.1, 0.15) is 5.78 Å². The quantitative estimate of drug-likeness (QED) is 0.285. The molecule has 0 bridgehead atoms. The van der Waals surface area contributed by atoms with E-state index < -0.39 is 0 Å². The van der Waals surface area contributed by atoms with E-state index in [-0.39, 0.29) is 0 Å². The van der Waals surface area contributed by atoms with E-state index in [9.17, 15) is 4.79 Å². The zero-order valence-corrected chi connectivity index (χ0v) is 15.1. The van der Waals surface area contributed by atoms with Gasteiger partial charge in [-0.2, -0.15) is 0 Å². The Morgan fingerprint density at radius 2 is 1.30 bits per heavy atom. The summed E-state index contributed by atoms with van der Waals surface area (Å²) >= 11 is 0. The summed E-state index contributed by atoms with van der Waals surface area (Å²) in [5.41, 5.74) is 5.40. The Morgan fingerprint density at radius 1 is 0.739 bits per heavy atom. The van der Waals surface area contributed by atoms with Crippen LogP contribution < -0.4 is 5.73 Å². The lowest BCUT2D eigenvalue weighted by molar-refractivity contribution is -0.119. The molecule has 23 heavy (non-hydrogen) atoms. The van der Waals surface area contributed by atoms with Crippen molar-refractivity contribution < 1.29 is 4.79 Å². The fourth-order valence-corrected chi connectivity index (χ4v) is 2.37. The molecule has 0 atom stereocenters. The third-order valence-corrected chi connectivity index (χ3v) is 3.77. The minimum atomic E-state index is 0.386. The molecule has 2 nitrogen and oxygen atoms in total. The van der Waals surface area contributed by atoms with Crippen molar-refractivity contribution in [1.82, 2.24) is 0 Å². The number of ketones is 1. The average molecular weight is 320 g/mol. The minimum Gasteiger partial charge on any atom is -0.330 e. The molecule has 0 aliphatic heterocycles. The highest BCUT2D eigenvalue weighted by molar-refractivity contribution is 5.78. The Bertz CT molecular complexity index is 342. The maximum atomic E-state index is 11.5. The van der Waals surface area contributed by atoms with Crippen LogP contribution >= 0.6 is 0 Å². The molecule has 0 rings (SSSR count). The molecule has 0 fully saturated rings. The van der Waals surface area contributed by atoms with Crippen LogP contribution in [-0.2, 0) is 4.79 Å². The van der Waals surface area contributed by atoms with Crippen LogP contribution in [0.25, 0.3) is 0 Å². The molecule has 0 saturated carbocycles. The van der Waals surface area contributed by atoms with Gasteiger partial charge >= 0.3 is 0 Å². The van der Waals surface area contributed by atoms with Crippen molar-refractivity contribution in [2.24, 2.45) is 5.73 Å². The van der Waals surface area contributed by atoms with Crippen molar-refractivity contribution in [3.63, 3.8) is 0 Å². The molecule has 0 unspecified atom stereocenters. The third kappa shape index (κ3) is 18.8. The number of allylic oxidation sites excluding steroid dienone is 6. The molecule has 0 saturated heterocycles. The monoisotopic (exact) mass is 319 g/mol. The minimum absolute atomic E-state index is 0.386. The smallest absolute Gasteiger partial charge is 0.132 e. The Balaban J connectivity index is 3.28. The molecule has 0 spiro atoms. The van der Waals surface area contributed by atoms with Crippen LogP contribution in [0, 0.1) is 0 Å². The van der Waals surface area contributed by atoms with Crippen molar-refractivity contribution in [3.8, 4) is 0 Å². The van der Waals surface area contributed by atoms with E-state index in [1.54, 1.807) is 0 Å². The van der Waals surface area contributed by atoms with Gasteiger partial charge in [0, 0.05) is 12.8 Å². The number of rotatable bonds is 16. The van der Waals surface area contributed by atoms with Crippen LogP contribution in [0.1, 0.15) is 84.0 Å². The number of unbranched alkanes of at least 4 members (excludes halogenated alkanes) is 5. The highest BCUT2D eigenvalue weighted by atomic mass is 16.1. The van der Waals surface area contributed by atoms with Gasteiger partial charge in [0.05, 0.1) is 0 Å². The standard InChI is InChI=1S/C21H37NO/c1-2-3-4-5-6-7-8-9-10-11-12-13-14-15-16-18-21(23)19-17-20-22/h3-4,6-7,9-10H,2,5,8,11-20,22H2,1H3. The average Bonchev–Trinajstić information content (AvgIpc) is 2.56. The van der Waals surface area contributed by atoms with Crippen LogP contribution in [0.5, 0.6) is 0 Å². The molecule has 2 N–H and O–H groups in total. The number of hydrogen-bond acceptors (Lipinski definition) is 2. The van der Waals surface area contributed by atoms with E-state index in [4.69, 9.17) is 5.73 Å². The number of nitrogens with two attached hydrogens (primary N) is 1. The van der Waals surface area contributed by atoms with Crippen LogP contribution in [-0.4, -0.2) is 12.3 Å². The molecular weight excluding hydrogens is 282 g/mol. The van der Waals surface area contributed by atoms with Gasteiger partial charge in [0.25, 0.3) is 0 Å². The van der Waals surface area contributed by atoms with Gasteiger partial charge in [-0.15, -0.1) is 0 Å². The van der Waals surface area contributed by atoms with E-state index in [0.29, 0.717) is 18.7 Å². The lowest BCUT2D eigenvalue weighted by atomic mass is 10.1. The lowest BCUT2D eigenvalue weighted by Crippen LogP contribution is -2.04. The highest BCUT2D eigenvalue weighted by Gasteiger charge is 2.00. The number of Topliss-reactive ketones (excluding diaryl/α,β-unsaturated/α-hetero) is 1. The molecule has 2 heteroatoms. The summed E-state index contributed by atoms with van der Waals surface area (Å²) in [7, 11) is 0. The van der Waals surface area contributed by atoms with E-state index in [2.05, 4.69) is 43.4 Å². The van der Waals surface area contributed by atoms with E-state index in [1.807, 2.05) is 0 Å². The Labute approximate surface area is 143 Å². The molecule has 0 aromatic carbocycles. The molecule has 0 aliphatic rings. The Hall–Kier alpha value is -1.15. The summed E-state index contributed by atoms with van der Waals surface area (Å²) in [6.45, 7) is 2.79. The summed E-state index contributed by atoms with van der Waals surface area (Å²) in [5, 5.41) is 0. The molecule has 0 aromatic heterocycles. The van der Waals surface area contributed by atoms with Gasteiger partial charge in [0.15, 0.2) is 0 Å². The number of carbonyl (C=O) groups excluding carboxylic acids is 1. The van der Waals surface area contributed by atoms with Gasteiger partial charge in [-0.1, -0.05) is 62.6 Å². The topological polar surface area (TPSA) is 43.1 Å². The summed E-state index contributed by atoms with van der Waals surface area (Å²) in [5.74, 6) is 0.386. The molecule has 0 aromatic rings. The predicted octanol–water partition coefficient (Wildman–Crippen LogP) is 5.88. The second kappa shape index (κ2) is 18.9. The van der Waals surface area contributed by atoms with Crippen LogP contribution in [0.3, 0.4) is 0 Å². The Kier molecular flexibility index (Phi) is 18.0. The van der Waals surface area contributed by atoms with Gasteiger partial charge in [-0.25, -0.2) is 0 Å². The number of hydrogen-bond donors (Lipinski definition) is 1. The van der Waals surface area contributed by atoms with E-state index >= 15 is 0 Å². The second-order valence-electron chi connectivity index (χ2n) is 6.03. The molecule has 0 heterocycles. The fourth-order valence-electron chi connectivity index (χ4n) is 2.37. The predicted molar refractivity (Wildman–Crippen MR) is 103 cm³/mol. The number of carbonyl (C=O) groups is 1. The summed E-state index contributed by atoms with van der Waals surface area (Å²) in [6, 6.07) is 0. The lowest BCUT2D eigenvalue weighted by Gasteiger charge is -2.01. The first-order valence-electron chi connectivity index (χ1n) is 9.48. The fraction of sp³-hybridized carbons (Fsp3) is 0.667. The molecular formula is C21H37NO. The summed E-state index contributed by atoms with van der Waals surface area (Å²) in [4.78, 5) is 11.5. The molecule has 0 amide bonds. The molecule has 132 valence electrons. The van der Waals surface area contributed by atoms with Gasteiger partial charge in [0.2, 0.25) is 0 Å². The van der Waals surface area contributed by atoms with Crippen LogP contribution in [0.2, 0.25) is 0 Å². The zero-order chi connectivity index (χ0) is 17.0. The van der Waals surface area contributed by atoms with Crippen LogP contribution in [0.15, 0.2) is 36.5 Å². The SMILES string of the molecule is CCC=CCC=CCC=CCCCCCCCC(=O)CCCN. The second-order valence-corrected chi connectivity index (χ2v) is 6.03. The first-order valence-corrected chi connectivity index (χ1v) is 9.48. The maximum Gasteiger partial charge on any atom is 0.132 e. The van der Waals surface area contributed by atoms with Crippen molar-refractivity contribution in [2.75, 3.05) is 6.54 Å². The first kappa shape index (κ1) is 21.9. The van der Waals surface area contributed by atoms with Crippen molar-refractivity contribution in [2.45, 2.75) is 84.0 Å². The maximum absolute atomic E-state index is 11.5. The van der Waals surface area contributed by atoms with Crippen molar-refractivity contribution in [3.05, 3.63) is 36.5 Å². The van der Waals surface area contributed by atoms with Crippen LogP contribution in [0.4, 0.5) is 0 Å². The largest absolute Gasteiger partial charge is 0.330 e. The van der Waals surface area contributed by atoms with Crippen molar-refractivity contribution >= 4 is 5.78 Å². The summed E-state index contributed by atoms with van der Waals surface area (Å²) in [6.07, 6.45) is 26.1. The molecule has 0 aliphatic carbocycles. The highest BCUT2D eigenvalue weighted by Crippen LogP contribution is 2.09. The Morgan fingerprint density at radius 3 is 2.00 bits per heavy atom. The third-order valence-electron chi connectivity index (χ3n) is 3.77. The first-order chi connectivity index (χ1) is 11.3.